The SMILES string of the molecule is COc1cc(CC2=NCCc3cc(O)c(O)cc32)cc(OC)c1OC. The van der Waals surface area contributed by atoms with Gasteiger partial charge in [0.05, 0.1) is 21.3 Å². The highest BCUT2D eigenvalue weighted by Gasteiger charge is 2.19. The van der Waals surface area contributed by atoms with E-state index in [1.165, 1.54) is 0 Å². The number of nitrogens with zero attached hydrogens (tertiary/aromatic N) is 1. The number of benzene rings is 2. The normalized spacial score (nSPS) is 13.0. The van der Waals surface area contributed by atoms with Crippen LogP contribution in [0.5, 0.6) is 28.7 Å². The van der Waals surface area contributed by atoms with Crippen molar-refractivity contribution in [3.63, 3.8) is 0 Å². The topological polar surface area (TPSA) is 80.5 Å². The van der Waals surface area contributed by atoms with Crippen LogP contribution < -0.4 is 14.2 Å². The molecule has 0 aromatic heterocycles. The van der Waals surface area contributed by atoms with E-state index in [4.69, 9.17) is 14.2 Å². The highest BCUT2D eigenvalue weighted by molar-refractivity contribution is 6.04. The number of fused-ring (bicyclic) bond motifs is 1. The maximum absolute atomic E-state index is 9.83. The molecule has 0 bridgehead atoms. The maximum atomic E-state index is 9.83. The van der Waals surface area contributed by atoms with Crippen LogP contribution in [-0.2, 0) is 12.8 Å². The van der Waals surface area contributed by atoms with Crippen molar-refractivity contribution >= 4 is 5.71 Å². The third kappa shape index (κ3) is 3.20. The summed E-state index contributed by atoms with van der Waals surface area (Å²) >= 11 is 0. The molecule has 132 valence electrons. The van der Waals surface area contributed by atoms with E-state index >= 15 is 0 Å². The van der Waals surface area contributed by atoms with E-state index in [-0.39, 0.29) is 11.5 Å². The molecule has 0 saturated carbocycles. The molecule has 0 fully saturated rings. The highest BCUT2D eigenvalue weighted by Crippen LogP contribution is 2.39. The Labute approximate surface area is 146 Å². The van der Waals surface area contributed by atoms with Gasteiger partial charge >= 0.3 is 0 Å². The first-order valence-corrected chi connectivity index (χ1v) is 7.94. The minimum absolute atomic E-state index is 0.104. The van der Waals surface area contributed by atoms with Crippen LogP contribution in [-0.4, -0.2) is 43.8 Å². The van der Waals surface area contributed by atoms with E-state index in [1.807, 2.05) is 12.1 Å². The first-order valence-electron chi connectivity index (χ1n) is 7.94. The quantitative estimate of drug-likeness (QED) is 0.816. The number of aromatic hydroxyl groups is 2. The van der Waals surface area contributed by atoms with Crippen LogP contribution in [0, 0.1) is 0 Å². The zero-order valence-electron chi connectivity index (χ0n) is 14.5. The second-order valence-electron chi connectivity index (χ2n) is 5.79. The largest absolute Gasteiger partial charge is 0.504 e. The molecule has 0 saturated heterocycles. The number of methoxy groups -OCH3 is 3. The first-order chi connectivity index (χ1) is 12.1. The monoisotopic (exact) mass is 343 g/mol. The lowest BCUT2D eigenvalue weighted by Crippen LogP contribution is -2.15. The minimum Gasteiger partial charge on any atom is -0.504 e. The van der Waals surface area contributed by atoms with Crippen LogP contribution in [0.1, 0.15) is 16.7 Å². The van der Waals surface area contributed by atoms with E-state index < -0.39 is 0 Å². The zero-order chi connectivity index (χ0) is 18.0. The van der Waals surface area contributed by atoms with Crippen molar-refractivity contribution < 1.29 is 24.4 Å². The molecule has 0 unspecified atom stereocenters. The number of ether oxygens (including phenoxy) is 3. The average molecular weight is 343 g/mol. The molecule has 6 heteroatoms. The summed E-state index contributed by atoms with van der Waals surface area (Å²) in [6, 6.07) is 6.95. The van der Waals surface area contributed by atoms with Crippen LogP contribution in [0.3, 0.4) is 0 Å². The molecule has 1 heterocycles. The van der Waals surface area contributed by atoms with Gasteiger partial charge in [-0.1, -0.05) is 0 Å². The fraction of sp³-hybridized carbons (Fsp3) is 0.316. The molecule has 0 radical (unpaired) electrons. The minimum atomic E-state index is -0.141. The Morgan fingerprint density at radius 1 is 0.920 bits per heavy atom. The molecule has 0 spiro atoms. The van der Waals surface area contributed by atoms with Crippen LogP contribution in [0.2, 0.25) is 0 Å². The van der Waals surface area contributed by atoms with Crippen molar-refractivity contribution in [1.29, 1.82) is 0 Å². The van der Waals surface area contributed by atoms with Gasteiger partial charge in [-0.15, -0.1) is 0 Å². The number of aliphatic imine (C=N–C) groups is 1. The van der Waals surface area contributed by atoms with Crippen molar-refractivity contribution in [3.8, 4) is 28.7 Å². The fourth-order valence-corrected chi connectivity index (χ4v) is 3.07. The standard InChI is InChI=1S/C19H21NO5/c1-23-17-7-11(8-18(24-2)19(17)25-3)6-14-13-10-16(22)15(21)9-12(13)4-5-20-14/h7-10,21-22H,4-6H2,1-3H3. The van der Waals surface area contributed by atoms with Gasteiger partial charge < -0.3 is 24.4 Å². The lowest BCUT2D eigenvalue weighted by molar-refractivity contribution is 0.324. The van der Waals surface area contributed by atoms with Crippen molar-refractivity contribution in [2.45, 2.75) is 12.8 Å². The summed E-state index contributed by atoms with van der Waals surface area (Å²) in [5, 5.41) is 19.5. The van der Waals surface area contributed by atoms with Gasteiger partial charge in [0.1, 0.15) is 0 Å². The van der Waals surface area contributed by atoms with Gasteiger partial charge in [0.25, 0.3) is 0 Å². The van der Waals surface area contributed by atoms with Gasteiger partial charge in [0, 0.05) is 24.2 Å². The van der Waals surface area contributed by atoms with E-state index in [0.717, 1.165) is 28.8 Å². The number of hydrogen-bond donors (Lipinski definition) is 2. The number of phenols is 2. The second kappa shape index (κ2) is 6.93. The lowest BCUT2D eigenvalue weighted by atomic mass is 9.93. The van der Waals surface area contributed by atoms with Crippen molar-refractivity contribution in [3.05, 3.63) is 41.0 Å². The summed E-state index contributed by atoms with van der Waals surface area (Å²) in [5.41, 5.74) is 3.64. The molecule has 25 heavy (non-hydrogen) atoms. The molecule has 1 aliphatic rings. The lowest BCUT2D eigenvalue weighted by Gasteiger charge is -2.19. The Hall–Kier alpha value is -2.89. The van der Waals surface area contributed by atoms with Crippen LogP contribution >= 0.6 is 0 Å². The van der Waals surface area contributed by atoms with Crippen LogP contribution in [0.25, 0.3) is 0 Å². The predicted molar refractivity (Wildman–Crippen MR) is 94.7 cm³/mol. The third-order valence-corrected chi connectivity index (χ3v) is 4.29. The second-order valence-corrected chi connectivity index (χ2v) is 5.79. The molecule has 0 amide bonds. The van der Waals surface area contributed by atoms with Gasteiger partial charge in [-0.05, 0) is 41.8 Å². The summed E-state index contributed by atoms with van der Waals surface area (Å²) in [5.74, 6) is 1.47. The molecule has 2 aromatic carbocycles. The summed E-state index contributed by atoms with van der Waals surface area (Å²) in [4.78, 5) is 4.60. The van der Waals surface area contributed by atoms with E-state index in [1.54, 1.807) is 33.5 Å². The summed E-state index contributed by atoms with van der Waals surface area (Å²) in [6.45, 7) is 0.650. The Balaban J connectivity index is 1.99. The molecule has 0 aliphatic carbocycles. The zero-order valence-corrected chi connectivity index (χ0v) is 14.5. The maximum Gasteiger partial charge on any atom is 0.203 e. The first kappa shape index (κ1) is 17.0. The van der Waals surface area contributed by atoms with E-state index in [0.29, 0.717) is 30.2 Å². The third-order valence-electron chi connectivity index (χ3n) is 4.29. The summed E-state index contributed by atoms with van der Waals surface area (Å²) in [6.07, 6.45) is 1.29. The van der Waals surface area contributed by atoms with Gasteiger partial charge in [-0.25, -0.2) is 0 Å². The van der Waals surface area contributed by atoms with Gasteiger partial charge in [0.2, 0.25) is 5.75 Å². The van der Waals surface area contributed by atoms with Gasteiger partial charge in [-0.3, -0.25) is 4.99 Å². The van der Waals surface area contributed by atoms with Crippen molar-refractivity contribution in [1.82, 2.24) is 0 Å². The Morgan fingerprint density at radius 3 is 2.16 bits per heavy atom. The van der Waals surface area contributed by atoms with Crippen LogP contribution in [0.15, 0.2) is 29.3 Å². The van der Waals surface area contributed by atoms with E-state index in [9.17, 15) is 10.2 Å². The van der Waals surface area contributed by atoms with Crippen LogP contribution in [0.4, 0.5) is 0 Å². The Kier molecular flexibility index (Phi) is 4.70. The molecule has 3 rings (SSSR count). The van der Waals surface area contributed by atoms with Gasteiger partial charge in [-0.2, -0.15) is 0 Å². The Bertz CT molecular complexity index is 804. The van der Waals surface area contributed by atoms with Crippen molar-refractivity contribution in [2.24, 2.45) is 4.99 Å². The fourth-order valence-electron chi connectivity index (χ4n) is 3.07. The Morgan fingerprint density at radius 2 is 1.56 bits per heavy atom. The molecule has 0 atom stereocenters. The number of rotatable bonds is 5. The molecule has 6 nitrogen and oxygen atoms in total. The highest BCUT2D eigenvalue weighted by atomic mass is 16.5. The molecular weight excluding hydrogens is 322 g/mol. The van der Waals surface area contributed by atoms with Gasteiger partial charge in [0.15, 0.2) is 23.0 Å². The summed E-state index contributed by atoms with van der Waals surface area (Å²) < 4.78 is 16.1. The smallest absolute Gasteiger partial charge is 0.203 e. The average Bonchev–Trinajstić information content (AvgIpc) is 2.62. The molecule has 1 aliphatic heterocycles. The number of phenolic OH excluding ortho intramolecular Hbond substituents is 2. The predicted octanol–water partition coefficient (Wildman–Crippen LogP) is 2.71. The van der Waals surface area contributed by atoms with E-state index in [2.05, 4.69) is 4.99 Å². The molecule has 2 N–H and O–H groups in total. The molecule has 2 aromatic rings. The molecular formula is C19H21NO5. The summed E-state index contributed by atoms with van der Waals surface area (Å²) in [7, 11) is 4.72. The van der Waals surface area contributed by atoms with Crippen molar-refractivity contribution in [2.75, 3.05) is 27.9 Å². The number of hydrogen-bond acceptors (Lipinski definition) is 6.